The van der Waals surface area contributed by atoms with E-state index in [4.69, 9.17) is 11.6 Å². The van der Waals surface area contributed by atoms with Crippen LogP contribution in [0.1, 0.15) is 30.9 Å². The second-order valence-corrected chi connectivity index (χ2v) is 7.78. The summed E-state index contributed by atoms with van der Waals surface area (Å²) >= 11 is 6.13. The molecule has 31 heavy (non-hydrogen) atoms. The van der Waals surface area contributed by atoms with Crippen molar-refractivity contribution in [2.45, 2.75) is 38.1 Å². The molecule has 2 N–H and O–H groups in total. The van der Waals surface area contributed by atoms with E-state index in [9.17, 15) is 18.0 Å². The fraction of sp³-hybridized carbons (Fsp3) is 0.286. The fourth-order valence-electron chi connectivity index (χ4n) is 3.87. The van der Waals surface area contributed by atoms with E-state index in [1.807, 2.05) is 12.1 Å². The Labute approximate surface area is 181 Å². The van der Waals surface area contributed by atoms with Gasteiger partial charge in [0.2, 0.25) is 5.84 Å². The van der Waals surface area contributed by atoms with Crippen LogP contribution < -0.4 is 15.5 Å². The third-order valence-corrected chi connectivity index (χ3v) is 5.32. The number of halogens is 4. The van der Waals surface area contributed by atoms with Gasteiger partial charge in [-0.15, -0.1) is 13.2 Å². The van der Waals surface area contributed by atoms with Gasteiger partial charge in [-0.3, -0.25) is 10.2 Å². The van der Waals surface area contributed by atoms with Crippen molar-refractivity contribution in [3.05, 3.63) is 58.6 Å². The van der Waals surface area contributed by atoms with E-state index in [1.54, 1.807) is 6.07 Å². The summed E-state index contributed by atoms with van der Waals surface area (Å²) in [7, 11) is 0. The minimum atomic E-state index is -4.78. The molecule has 1 heterocycles. The summed E-state index contributed by atoms with van der Waals surface area (Å²) in [5.74, 6) is -1.04. The van der Waals surface area contributed by atoms with Crippen molar-refractivity contribution < 1.29 is 22.7 Å². The summed E-state index contributed by atoms with van der Waals surface area (Å²) in [6, 6.07) is 10.4. The lowest BCUT2D eigenvalue weighted by Gasteiger charge is -2.32. The van der Waals surface area contributed by atoms with Gasteiger partial charge in [-0.25, -0.2) is 4.99 Å². The number of anilines is 1. The largest absolute Gasteiger partial charge is 0.573 e. The number of nitrogens with zero attached hydrogens (tertiary/aromatic N) is 2. The third kappa shape index (κ3) is 4.36. The van der Waals surface area contributed by atoms with Gasteiger partial charge in [0.15, 0.2) is 0 Å². The minimum Gasteiger partial charge on any atom is -0.406 e. The van der Waals surface area contributed by atoms with Crippen molar-refractivity contribution in [3.8, 4) is 5.75 Å². The van der Waals surface area contributed by atoms with Gasteiger partial charge in [-0.2, -0.15) is 5.10 Å². The number of fused-ring (bicyclic) bond motifs is 3. The quantitative estimate of drug-likeness (QED) is 0.694. The van der Waals surface area contributed by atoms with E-state index < -0.39 is 17.8 Å². The zero-order valence-corrected chi connectivity index (χ0v) is 17.1. The molecule has 0 fully saturated rings. The SMILES string of the molecule is CCCC12Cc3cc(Cl)ccc3C1=NC(C(=O)Nc1ccc(OC(F)(F)F)cc1)=NN2. The van der Waals surface area contributed by atoms with E-state index in [-0.39, 0.29) is 17.3 Å². The zero-order chi connectivity index (χ0) is 22.2. The molecular weight excluding hydrogens is 433 g/mol. The maximum Gasteiger partial charge on any atom is 0.573 e. The molecule has 0 saturated carbocycles. The van der Waals surface area contributed by atoms with E-state index >= 15 is 0 Å². The van der Waals surface area contributed by atoms with Gasteiger partial charge < -0.3 is 10.1 Å². The minimum absolute atomic E-state index is 0.0693. The number of nitrogens with one attached hydrogen (secondary N) is 2. The molecule has 2 aliphatic rings. The van der Waals surface area contributed by atoms with Gasteiger partial charge >= 0.3 is 6.36 Å². The van der Waals surface area contributed by atoms with Crippen LogP contribution in [0, 0.1) is 0 Å². The molecule has 0 bridgehead atoms. The van der Waals surface area contributed by atoms with E-state index in [1.165, 1.54) is 12.1 Å². The Balaban J connectivity index is 1.55. The van der Waals surface area contributed by atoms with Gasteiger partial charge in [0.1, 0.15) is 11.3 Å². The Morgan fingerprint density at radius 3 is 2.68 bits per heavy atom. The molecule has 162 valence electrons. The summed E-state index contributed by atoms with van der Waals surface area (Å²) in [5.41, 5.74) is 5.59. The van der Waals surface area contributed by atoms with E-state index in [0.29, 0.717) is 11.4 Å². The molecule has 1 aliphatic heterocycles. The van der Waals surface area contributed by atoms with Crippen LogP contribution >= 0.6 is 11.6 Å². The van der Waals surface area contributed by atoms with E-state index in [2.05, 4.69) is 32.5 Å². The normalized spacial score (nSPS) is 19.5. The van der Waals surface area contributed by atoms with Crippen molar-refractivity contribution in [1.82, 2.24) is 5.43 Å². The van der Waals surface area contributed by atoms with E-state index in [0.717, 1.165) is 41.8 Å². The number of rotatable bonds is 5. The highest BCUT2D eigenvalue weighted by atomic mass is 35.5. The summed E-state index contributed by atoms with van der Waals surface area (Å²) in [4.78, 5) is 17.2. The number of aliphatic imine (C=N–C) groups is 1. The number of carbonyl (C=O) groups excluding carboxylic acids is 1. The van der Waals surface area contributed by atoms with Crippen molar-refractivity contribution in [2.75, 3.05) is 5.32 Å². The number of benzene rings is 2. The molecule has 4 rings (SSSR count). The molecule has 0 radical (unpaired) electrons. The lowest BCUT2D eigenvalue weighted by molar-refractivity contribution is -0.274. The van der Waals surface area contributed by atoms with Crippen molar-refractivity contribution in [2.24, 2.45) is 10.1 Å². The van der Waals surface area contributed by atoms with Crippen LogP contribution in [0.25, 0.3) is 0 Å². The predicted octanol–water partition coefficient (Wildman–Crippen LogP) is 4.68. The van der Waals surface area contributed by atoms with Crippen molar-refractivity contribution in [3.63, 3.8) is 0 Å². The number of alkyl halides is 3. The Bertz CT molecular complexity index is 1080. The number of hydrogen-bond donors (Lipinski definition) is 2. The first kappa shape index (κ1) is 21.2. The van der Waals surface area contributed by atoms with Gasteiger partial charge in [0.25, 0.3) is 5.91 Å². The second-order valence-electron chi connectivity index (χ2n) is 7.34. The maximum absolute atomic E-state index is 12.7. The number of ether oxygens (including phenoxy) is 1. The molecular formula is C21H18ClF3N4O2. The molecule has 0 saturated heterocycles. The number of amidine groups is 1. The van der Waals surface area contributed by atoms with Crippen LogP contribution in [0.2, 0.25) is 5.02 Å². The molecule has 0 aromatic heterocycles. The topological polar surface area (TPSA) is 75.1 Å². The third-order valence-electron chi connectivity index (χ3n) is 5.09. The van der Waals surface area contributed by atoms with Crippen LogP contribution in [0.15, 0.2) is 52.6 Å². The van der Waals surface area contributed by atoms with Gasteiger partial charge in [-0.1, -0.05) is 31.0 Å². The predicted molar refractivity (Wildman–Crippen MR) is 112 cm³/mol. The number of amides is 1. The van der Waals surface area contributed by atoms with Crippen LogP contribution in [0.4, 0.5) is 18.9 Å². The number of hydrazone groups is 1. The molecule has 1 aliphatic carbocycles. The molecule has 1 amide bonds. The second kappa shape index (κ2) is 7.88. The molecule has 2 aromatic rings. The highest BCUT2D eigenvalue weighted by Gasteiger charge is 2.45. The van der Waals surface area contributed by atoms with Crippen molar-refractivity contribution in [1.29, 1.82) is 0 Å². The molecule has 6 nitrogen and oxygen atoms in total. The molecule has 1 atom stereocenters. The average Bonchev–Trinajstić information content (AvgIpc) is 3.00. The molecule has 10 heteroatoms. The lowest BCUT2D eigenvalue weighted by atomic mass is 9.89. The van der Waals surface area contributed by atoms with Crippen LogP contribution in [0.5, 0.6) is 5.75 Å². The van der Waals surface area contributed by atoms with Crippen LogP contribution in [-0.4, -0.2) is 29.4 Å². The van der Waals surface area contributed by atoms with Crippen LogP contribution in [0.3, 0.4) is 0 Å². The Kier molecular flexibility index (Phi) is 5.38. The first-order valence-corrected chi connectivity index (χ1v) is 9.97. The van der Waals surface area contributed by atoms with Gasteiger partial charge in [-0.05, 0) is 48.4 Å². The highest BCUT2D eigenvalue weighted by molar-refractivity contribution is 6.45. The molecule has 0 spiro atoms. The Morgan fingerprint density at radius 2 is 2.00 bits per heavy atom. The molecule has 2 aromatic carbocycles. The maximum atomic E-state index is 12.7. The first-order valence-electron chi connectivity index (χ1n) is 9.59. The Morgan fingerprint density at radius 1 is 1.26 bits per heavy atom. The zero-order valence-electron chi connectivity index (χ0n) is 16.4. The summed E-state index contributed by atoms with van der Waals surface area (Å²) in [6.07, 6.45) is -2.46. The lowest BCUT2D eigenvalue weighted by Crippen LogP contribution is -2.52. The van der Waals surface area contributed by atoms with Gasteiger partial charge in [0.05, 0.1) is 5.71 Å². The number of hydrogen-bond acceptors (Lipinski definition) is 5. The summed E-state index contributed by atoms with van der Waals surface area (Å²) < 4.78 is 40.7. The van der Waals surface area contributed by atoms with Gasteiger partial charge in [0, 0.05) is 22.7 Å². The number of carbonyl (C=O) groups is 1. The summed E-state index contributed by atoms with van der Waals surface area (Å²) in [6.45, 7) is 2.06. The fourth-order valence-corrected chi connectivity index (χ4v) is 4.07. The van der Waals surface area contributed by atoms with Crippen LogP contribution in [-0.2, 0) is 11.2 Å². The Hall–Kier alpha value is -3.07. The first-order chi connectivity index (χ1) is 14.7. The standard InChI is InChI=1S/C21H18ClF3N4O2/c1-2-9-20-11-12-10-13(22)3-8-16(12)17(20)27-18(28-29-20)19(30)26-14-4-6-15(7-5-14)31-21(23,24)25/h3-8,10,29H,2,9,11H2,1H3,(H,26,30). The smallest absolute Gasteiger partial charge is 0.406 e. The molecule has 1 unspecified atom stereocenters. The summed E-state index contributed by atoms with van der Waals surface area (Å²) in [5, 5.41) is 7.40. The average molecular weight is 451 g/mol. The highest BCUT2D eigenvalue weighted by Crippen LogP contribution is 2.37. The monoisotopic (exact) mass is 450 g/mol. The van der Waals surface area contributed by atoms with Crippen molar-refractivity contribution >= 4 is 34.7 Å².